The van der Waals surface area contributed by atoms with E-state index in [0.717, 1.165) is 56.0 Å². The van der Waals surface area contributed by atoms with Crippen LogP contribution >= 0.6 is 0 Å². The molecule has 0 radical (unpaired) electrons. The van der Waals surface area contributed by atoms with E-state index in [1.807, 2.05) is 38.1 Å². The van der Waals surface area contributed by atoms with Gasteiger partial charge in [-0.1, -0.05) is 12.1 Å². The monoisotopic (exact) mass is 424 g/mol. The Bertz CT molecular complexity index is 890. The van der Waals surface area contributed by atoms with E-state index >= 15 is 0 Å². The number of hydrogen-bond acceptors (Lipinski definition) is 5. The first-order chi connectivity index (χ1) is 15.0. The van der Waals surface area contributed by atoms with Gasteiger partial charge in [0, 0.05) is 44.1 Å². The molecule has 1 aliphatic heterocycles. The third-order valence-electron chi connectivity index (χ3n) is 5.81. The van der Waals surface area contributed by atoms with Gasteiger partial charge in [0.05, 0.1) is 7.11 Å². The summed E-state index contributed by atoms with van der Waals surface area (Å²) in [7, 11) is 1.67. The molecule has 2 N–H and O–H groups in total. The van der Waals surface area contributed by atoms with E-state index < -0.39 is 11.8 Å². The fourth-order valence-corrected chi connectivity index (χ4v) is 3.67. The molecular weight excluding hydrogens is 392 g/mol. The smallest absolute Gasteiger partial charge is 0.313 e. The lowest BCUT2D eigenvalue weighted by Gasteiger charge is -2.36. The Balaban J connectivity index is 1.34. The number of benzene rings is 2. The maximum Gasteiger partial charge on any atom is 0.313 e. The molecule has 0 aromatic heterocycles. The number of nitrogens with one attached hydrogen (secondary N) is 2. The van der Waals surface area contributed by atoms with Gasteiger partial charge in [0.15, 0.2) is 0 Å². The van der Waals surface area contributed by atoms with Gasteiger partial charge < -0.3 is 20.3 Å². The lowest BCUT2D eigenvalue weighted by Crippen LogP contribution is -2.47. The predicted octanol–water partition coefficient (Wildman–Crippen LogP) is 2.58. The lowest BCUT2D eigenvalue weighted by atomic mass is 10.1. The zero-order valence-corrected chi connectivity index (χ0v) is 18.6. The SMILES string of the molecule is COc1ccc(N2CCN(CCCNC(=O)C(=O)Nc3cccc(C)c3C)CC2)cc1. The average molecular weight is 425 g/mol. The summed E-state index contributed by atoms with van der Waals surface area (Å²) in [5.74, 6) is -0.348. The quantitative estimate of drug-likeness (QED) is 0.528. The Morgan fingerprint density at radius 2 is 1.68 bits per heavy atom. The van der Waals surface area contributed by atoms with E-state index in [9.17, 15) is 9.59 Å². The lowest BCUT2D eigenvalue weighted by molar-refractivity contribution is -0.136. The molecule has 0 unspecified atom stereocenters. The second-order valence-electron chi connectivity index (χ2n) is 7.84. The minimum atomic E-state index is -0.623. The molecule has 0 spiro atoms. The summed E-state index contributed by atoms with van der Waals surface area (Å²) in [6.07, 6.45) is 0.811. The summed E-state index contributed by atoms with van der Waals surface area (Å²) in [6.45, 7) is 9.18. The van der Waals surface area contributed by atoms with Crippen molar-refractivity contribution in [3.05, 3.63) is 53.6 Å². The number of hydrogen-bond donors (Lipinski definition) is 2. The van der Waals surface area contributed by atoms with Crippen molar-refractivity contribution < 1.29 is 14.3 Å². The first kappa shape index (κ1) is 22.6. The van der Waals surface area contributed by atoms with Crippen LogP contribution in [0.15, 0.2) is 42.5 Å². The summed E-state index contributed by atoms with van der Waals surface area (Å²) in [5.41, 5.74) is 3.93. The summed E-state index contributed by atoms with van der Waals surface area (Å²) in [6, 6.07) is 13.8. The molecule has 0 atom stereocenters. The van der Waals surface area contributed by atoms with Gasteiger partial charge >= 0.3 is 11.8 Å². The molecule has 1 fully saturated rings. The Hall–Kier alpha value is -3.06. The number of nitrogens with zero attached hydrogens (tertiary/aromatic N) is 2. The summed E-state index contributed by atoms with van der Waals surface area (Å²) >= 11 is 0. The van der Waals surface area contributed by atoms with Gasteiger partial charge in [-0.25, -0.2) is 0 Å². The number of methoxy groups -OCH3 is 1. The number of carbonyl (C=O) groups excluding carboxylic acids is 2. The minimum Gasteiger partial charge on any atom is -0.497 e. The third-order valence-corrected chi connectivity index (χ3v) is 5.81. The van der Waals surface area contributed by atoms with Gasteiger partial charge in [-0.3, -0.25) is 14.5 Å². The van der Waals surface area contributed by atoms with E-state index in [2.05, 4.69) is 32.6 Å². The van der Waals surface area contributed by atoms with Crippen molar-refractivity contribution in [2.75, 3.05) is 56.6 Å². The summed E-state index contributed by atoms with van der Waals surface area (Å²) in [5, 5.41) is 5.42. The highest BCUT2D eigenvalue weighted by atomic mass is 16.5. The Morgan fingerprint density at radius 1 is 0.968 bits per heavy atom. The molecule has 7 heteroatoms. The summed E-state index contributed by atoms with van der Waals surface area (Å²) < 4.78 is 5.22. The molecule has 31 heavy (non-hydrogen) atoms. The fraction of sp³-hybridized carbons (Fsp3) is 0.417. The zero-order valence-electron chi connectivity index (χ0n) is 18.6. The molecule has 7 nitrogen and oxygen atoms in total. The van der Waals surface area contributed by atoms with Gasteiger partial charge in [0.25, 0.3) is 0 Å². The highest BCUT2D eigenvalue weighted by molar-refractivity contribution is 6.39. The van der Waals surface area contributed by atoms with E-state index in [0.29, 0.717) is 12.2 Å². The highest BCUT2D eigenvalue weighted by Crippen LogP contribution is 2.20. The number of ether oxygens (including phenoxy) is 1. The molecule has 0 saturated carbocycles. The molecule has 1 heterocycles. The van der Waals surface area contributed by atoms with Crippen LogP contribution in [-0.4, -0.2) is 63.1 Å². The molecule has 0 bridgehead atoms. The minimum absolute atomic E-state index is 0.484. The molecule has 166 valence electrons. The van der Waals surface area contributed by atoms with Crippen LogP contribution in [-0.2, 0) is 9.59 Å². The first-order valence-electron chi connectivity index (χ1n) is 10.7. The fourth-order valence-electron chi connectivity index (χ4n) is 3.67. The predicted molar refractivity (Wildman–Crippen MR) is 124 cm³/mol. The van der Waals surface area contributed by atoms with Crippen molar-refractivity contribution in [3.63, 3.8) is 0 Å². The van der Waals surface area contributed by atoms with Crippen LogP contribution in [0.2, 0.25) is 0 Å². The molecule has 2 aromatic carbocycles. The molecule has 2 aromatic rings. The number of rotatable bonds is 7. The third kappa shape index (κ3) is 6.21. The van der Waals surface area contributed by atoms with E-state index in [-0.39, 0.29) is 0 Å². The molecule has 1 aliphatic rings. The van der Waals surface area contributed by atoms with E-state index in [1.165, 1.54) is 5.69 Å². The highest BCUT2D eigenvalue weighted by Gasteiger charge is 2.18. The van der Waals surface area contributed by atoms with Gasteiger partial charge in [-0.15, -0.1) is 0 Å². The van der Waals surface area contributed by atoms with Crippen LogP contribution in [0.5, 0.6) is 5.75 Å². The Morgan fingerprint density at radius 3 is 2.35 bits per heavy atom. The van der Waals surface area contributed by atoms with Gasteiger partial charge in [0.2, 0.25) is 0 Å². The topological polar surface area (TPSA) is 73.9 Å². The van der Waals surface area contributed by atoms with E-state index in [4.69, 9.17) is 4.74 Å². The Kier molecular flexibility index (Phi) is 7.89. The molecule has 1 saturated heterocycles. The molecule has 3 rings (SSSR count). The van der Waals surface area contributed by atoms with Crippen LogP contribution in [0.1, 0.15) is 17.5 Å². The van der Waals surface area contributed by atoms with Crippen molar-refractivity contribution in [2.45, 2.75) is 20.3 Å². The first-order valence-corrected chi connectivity index (χ1v) is 10.7. The van der Waals surface area contributed by atoms with Gasteiger partial charge in [-0.05, 0) is 68.3 Å². The average Bonchev–Trinajstić information content (AvgIpc) is 2.80. The normalized spacial score (nSPS) is 14.2. The van der Waals surface area contributed by atoms with Crippen molar-refractivity contribution in [1.82, 2.24) is 10.2 Å². The standard InChI is InChI=1S/C24H32N4O3/c1-18-6-4-7-22(19(18)2)26-24(30)23(29)25-12-5-13-27-14-16-28(17-15-27)20-8-10-21(31-3)11-9-20/h4,6-11H,5,12-17H2,1-3H3,(H,25,29)(H,26,30). The number of amides is 2. The maximum absolute atomic E-state index is 12.1. The van der Waals surface area contributed by atoms with Crippen molar-refractivity contribution in [3.8, 4) is 5.75 Å². The molecule has 2 amide bonds. The molecule has 0 aliphatic carbocycles. The number of aryl methyl sites for hydroxylation is 1. The molecular formula is C24H32N4O3. The number of carbonyl (C=O) groups is 2. The van der Waals surface area contributed by atoms with Gasteiger partial charge in [0.1, 0.15) is 5.75 Å². The van der Waals surface area contributed by atoms with Gasteiger partial charge in [-0.2, -0.15) is 0 Å². The number of anilines is 2. The largest absolute Gasteiger partial charge is 0.497 e. The second-order valence-corrected chi connectivity index (χ2v) is 7.84. The second kappa shape index (κ2) is 10.8. The van der Waals surface area contributed by atoms with Crippen LogP contribution in [0.25, 0.3) is 0 Å². The van der Waals surface area contributed by atoms with Crippen molar-refractivity contribution >= 4 is 23.2 Å². The summed E-state index contributed by atoms with van der Waals surface area (Å²) in [4.78, 5) is 29.0. The van der Waals surface area contributed by atoms with Crippen molar-refractivity contribution in [2.24, 2.45) is 0 Å². The van der Waals surface area contributed by atoms with Crippen LogP contribution < -0.4 is 20.3 Å². The Labute approximate surface area is 184 Å². The van der Waals surface area contributed by atoms with E-state index in [1.54, 1.807) is 13.2 Å². The van der Waals surface area contributed by atoms with Crippen molar-refractivity contribution in [1.29, 1.82) is 0 Å². The van der Waals surface area contributed by atoms with Crippen LogP contribution in [0.4, 0.5) is 11.4 Å². The van der Waals surface area contributed by atoms with Crippen LogP contribution in [0.3, 0.4) is 0 Å². The van der Waals surface area contributed by atoms with Crippen LogP contribution in [0, 0.1) is 13.8 Å². The number of piperazine rings is 1. The maximum atomic E-state index is 12.1. The zero-order chi connectivity index (χ0) is 22.2.